The Kier molecular flexibility index (Phi) is 5.00. The smallest absolute Gasteiger partial charge is 0.339 e. The second-order valence-electron chi connectivity index (χ2n) is 8.90. The van der Waals surface area contributed by atoms with Crippen molar-refractivity contribution in [3.05, 3.63) is 59.8 Å². The highest BCUT2D eigenvalue weighted by Crippen LogP contribution is 2.43. The number of carboxylic acid groups (broad SMARTS) is 1. The van der Waals surface area contributed by atoms with Gasteiger partial charge in [0.1, 0.15) is 11.4 Å². The first-order valence-electron chi connectivity index (χ1n) is 10.9. The Bertz CT molecular complexity index is 871. The van der Waals surface area contributed by atoms with Crippen LogP contribution < -0.4 is 4.90 Å². The highest BCUT2D eigenvalue weighted by molar-refractivity contribution is 5.93. The quantitative estimate of drug-likeness (QED) is 0.861. The summed E-state index contributed by atoms with van der Waals surface area (Å²) in [5.74, 6) is 0.915. The molecule has 0 amide bonds. The number of aromatic carboxylic acids is 1. The van der Waals surface area contributed by atoms with E-state index < -0.39 is 5.97 Å². The van der Waals surface area contributed by atoms with E-state index in [9.17, 15) is 9.90 Å². The number of aromatic nitrogens is 1. The topological polar surface area (TPSA) is 56.7 Å². The van der Waals surface area contributed by atoms with Crippen molar-refractivity contribution in [3.63, 3.8) is 0 Å². The maximum absolute atomic E-state index is 11.8. The van der Waals surface area contributed by atoms with Crippen LogP contribution in [0.1, 0.15) is 41.6 Å². The molecule has 3 saturated heterocycles. The number of fused-ring (bicyclic) bond motifs is 4. The molecule has 4 atom stereocenters. The van der Waals surface area contributed by atoms with E-state index in [4.69, 9.17) is 0 Å². The molecule has 1 aromatic carbocycles. The van der Waals surface area contributed by atoms with Gasteiger partial charge in [0.15, 0.2) is 0 Å². The molecule has 2 bridgehead atoms. The second-order valence-corrected chi connectivity index (χ2v) is 8.90. The highest BCUT2D eigenvalue weighted by Gasteiger charge is 2.47. The van der Waals surface area contributed by atoms with E-state index in [1.165, 1.54) is 37.8 Å². The number of pyridine rings is 1. The van der Waals surface area contributed by atoms with Gasteiger partial charge in [0.2, 0.25) is 0 Å². The summed E-state index contributed by atoms with van der Waals surface area (Å²) in [6.07, 6.45) is 7.94. The summed E-state index contributed by atoms with van der Waals surface area (Å²) >= 11 is 0. The van der Waals surface area contributed by atoms with Crippen molar-refractivity contribution >= 4 is 11.8 Å². The van der Waals surface area contributed by atoms with Crippen molar-refractivity contribution < 1.29 is 9.90 Å². The van der Waals surface area contributed by atoms with Gasteiger partial charge in [0.05, 0.1) is 0 Å². The fourth-order valence-electron chi connectivity index (χ4n) is 6.03. The fourth-order valence-corrected chi connectivity index (χ4v) is 6.03. The first-order valence-corrected chi connectivity index (χ1v) is 10.9. The SMILES string of the molecule is O=C(O)c1cccnc1N1C[C@H]2C[C@@H](C1)[C@H](Cc1ccccc1)N1CCCC[C@@H]21. The number of hydrogen-bond donors (Lipinski definition) is 1. The molecule has 5 rings (SSSR count). The van der Waals surface area contributed by atoms with E-state index in [2.05, 4.69) is 45.1 Å². The second kappa shape index (κ2) is 7.79. The summed E-state index contributed by atoms with van der Waals surface area (Å²) in [6, 6.07) is 15.4. The van der Waals surface area contributed by atoms with Gasteiger partial charge in [-0.15, -0.1) is 0 Å². The van der Waals surface area contributed by atoms with E-state index in [1.807, 2.05) is 0 Å². The maximum Gasteiger partial charge on any atom is 0.339 e. The predicted octanol–water partition coefficient (Wildman–Crippen LogP) is 3.70. The average molecular weight is 392 g/mol. The van der Waals surface area contributed by atoms with Gasteiger partial charge in [0.25, 0.3) is 0 Å². The van der Waals surface area contributed by atoms with Crippen LogP contribution in [0.4, 0.5) is 5.82 Å². The lowest BCUT2D eigenvalue weighted by molar-refractivity contribution is -0.0318. The number of anilines is 1. The van der Waals surface area contributed by atoms with Crippen LogP contribution in [0.2, 0.25) is 0 Å². The number of benzene rings is 1. The fraction of sp³-hybridized carbons (Fsp3) is 0.500. The third-order valence-corrected chi connectivity index (χ3v) is 7.23. The summed E-state index contributed by atoms with van der Waals surface area (Å²) in [6.45, 7) is 3.03. The molecule has 0 aliphatic carbocycles. The zero-order valence-corrected chi connectivity index (χ0v) is 16.8. The van der Waals surface area contributed by atoms with Crippen LogP contribution in [0, 0.1) is 11.8 Å². The zero-order valence-electron chi connectivity index (χ0n) is 16.8. The van der Waals surface area contributed by atoms with Crippen molar-refractivity contribution in [1.29, 1.82) is 0 Å². The first kappa shape index (κ1) is 18.6. The minimum Gasteiger partial charge on any atom is -0.478 e. The minimum absolute atomic E-state index is 0.326. The van der Waals surface area contributed by atoms with E-state index in [0.717, 1.165) is 19.5 Å². The highest BCUT2D eigenvalue weighted by atomic mass is 16.4. The number of rotatable bonds is 4. The molecule has 3 fully saturated rings. The van der Waals surface area contributed by atoms with Gasteiger partial charge in [0, 0.05) is 31.4 Å². The van der Waals surface area contributed by atoms with Gasteiger partial charge in [-0.25, -0.2) is 9.78 Å². The Morgan fingerprint density at radius 2 is 1.90 bits per heavy atom. The molecule has 0 saturated carbocycles. The molecule has 3 aliphatic rings. The van der Waals surface area contributed by atoms with E-state index in [-0.39, 0.29) is 0 Å². The summed E-state index contributed by atoms with van der Waals surface area (Å²) in [7, 11) is 0. The summed E-state index contributed by atoms with van der Waals surface area (Å²) in [5.41, 5.74) is 1.73. The number of carboxylic acids is 1. The minimum atomic E-state index is -0.885. The predicted molar refractivity (Wildman–Crippen MR) is 113 cm³/mol. The summed E-state index contributed by atoms with van der Waals surface area (Å²) in [4.78, 5) is 21.3. The van der Waals surface area contributed by atoms with Crippen molar-refractivity contribution in [1.82, 2.24) is 9.88 Å². The largest absolute Gasteiger partial charge is 0.478 e. The molecule has 29 heavy (non-hydrogen) atoms. The summed E-state index contributed by atoms with van der Waals surface area (Å²) in [5, 5.41) is 9.66. The van der Waals surface area contributed by atoms with Crippen LogP contribution in [0.3, 0.4) is 0 Å². The maximum atomic E-state index is 11.8. The van der Waals surface area contributed by atoms with Crippen LogP contribution in [-0.2, 0) is 6.42 Å². The normalized spacial score (nSPS) is 29.3. The lowest BCUT2D eigenvalue weighted by Crippen LogP contribution is -2.64. The first-order chi connectivity index (χ1) is 14.2. The van der Waals surface area contributed by atoms with E-state index in [0.29, 0.717) is 35.3 Å². The Hall–Kier alpha value is -2.40. The van der Waals surface area contributed by atoms with Crippen molar-refractivity contribution in [3.8, 4) is 0 Å². The number of nitrogens with zero attached hydrogens (tertiary/aromatic N) is 3. The van der Waals surface area contributed by atoms with Crippen LogP contribution in [-0.4, -0.2) is 52.7 Å². The molecular weight excluding hydrogens is 362 g/mol. The van der Waals surface area contributed by atoms with Crippen LogP contribution in [0.25, 0.3) is 0 Å². The molecule has 5 heteroatoms. The Morgan fingerprint density at radius 3 is 2.72 bits per heavy atom. The molecule has 0 spiro atoms. The van der Waals surface area contributed by atoms with Gasteiger partial charge in [-0.1, -0.05) is 36.8 Å². The van der Waals surface area contributed by atoms with Crippen molar-refractivity contribution in [2.45, 2.75) is 44.2 Å². The van der Waals surface area contributed by atoms with Gasteiger partial charge in [-0.05, 0) is 61.8 Å². The standard InChI is InChI=1S/C24H29N3O2/c28-24(29)20-9-6-11-25-23(20)26-15-18-14-19(16-26)22(13-17-7-2-1-3-8-17)27-12-5-4-10-21(18)27/h1-3,6-9,11,18-19,21-22H,4-5,10,12-16H2,(H,28,29)/t18-,19+,21+,22+/m1/s1. The Labute approximate surface area is 172 Å². The van der Waals surface area contributed by atoms with Crippen molar-refractivity contribution in [2.24, 2.45) is 11.8 Å². The van der Waals surface area contributed by atoms with Gasteiger partial charge in [-0.2, -0.15) is 0 Å². The van der Waals surface area contributed by atoms with Crippen molar-refractivity contribution in [2.75, 3.05) is 24.5 Å². The average Bonchev–Trinajstić information content (AvgIpc) is 2.77. The molecule has 2 aromatic rings. The molecule has 1 N–H and O–H groups in total. The molecule has 0 radical (unpaired) electrons. The number of piperidine rings is 3. The Morgan fingerprint density at radius 1 is 1.07 bits per heavy atom. The molecule has 1 aromatic heterocycles. The van der Waals surface area contributed by atoms with Crippen LogP contribution in [0.15, 0.2) is 48.7 Å². The Balaban J connectivity index is 1.46. The van der Waals surface area contributed by atoms with Gasteiger partial charge >= 0.3 is 5.97 Å². The van der Waals surface area contributed by atoms with Crippen LogP contribution in [0.5, 0.6) is 0 Å². The van der Waals surface area contributed by atoms with E-state index in [1.54, 1.807) is 18.3 Å². The van der Waals surface area contributed by atoms with Crippen LogP contribution >= 0.6 is 0 Å². The third-order valence-electron chi connectivity index (χ3n) is 7.23. The van der Waals surface area contributed by atoms with E-state index >= 15 is 0 Å². The molecule has 4 heterocycles. The van der Waals surface area contributed by atoms with Gasteiger partial charge < -0.3 is 10.0 Å². The zero-order chi connectivity index (χ0) is 19.8. The van der Waals surface area contributed by atoms with Gasteiger partial charge in [-0.3, -0.25) is 4.90 Å². The molecular formula is C24H29N3O2. The summed E-state index contributed by atoms with van der Waals surface area (Å²) < 4.78 is 0. The molecule has 3 aliphatic heterocycles. The number of hydrogen-bond acceptors (Lipinski definition) is 4. The monoisotopic (exact) mass is 391 g/mol. The lowest BCUT2D eigenvalue weighted by atomic mass is 9.71. The molecule has 152 valence electrons. The lowest BCUT2D eigenvalue weighted by Gasteiger charge is -2.57. The molecule has 5 nitrogen and oxygen atoms in total. The molecule has 0 unspecified atom stereocenters. The third kappa shape index (κ3) is 3.52. The number of carbonyl (C=O) groups is 1.